The summed E-state index contributed by atoms with van der Waals surface area (Å²) in [6, 6.07) is 5.76. The molecule has 8 heteroatoms. The fraction of sp³-hybridized carbons (Fsp3) is 0.294. The number of allylic oxidation sites excluding steroid dienone is 2. The molecule has 25 heavy (non-hydrogen) atoms. The van der Waals surface area contributed by atoms with E-state index in [1.54, 1.807) is 24.4 Å². The molecule has 0 aromatic heterocycles. The highest BCUT2D eigenvalue weighted by atomic mass is 19.4. The molecule has 5 N–H and O–H groups in total. The molecule has 0 amide bonds. The fourth-order valence-corrected chi connectivity index (χ4v) is 2.29. The standard InChI is InChI=1S/C17H19F3N4O/c18-17(19,20)25-13-3-1-2-12(8-13)14-10-23-16(24-14)7-6-15(21)22-9-11-4-5-11/h1-3,6-8,10-11,22-24H,4-5,9,21H2/b15-6+,16-7-. The van der Waals surface area contributed by atoms with Gasteiger partial charge in [0.25, 0.3) is 0 Å². The van der Waals surface area contributed by atoms with Crippen LogP contribution in [0.15, 0.2) is 54.3 Å². The number of benzene rings is 1. The van der Waals surface area contributed by atoms with Crippen molar-refractivity contribution in [1.82, 2.24) is 16.0 Å². The Morgan fingerprint density at radius 2 is 2.16 bits per heavy atom. The summed E-state index contributed by atoms with van der Waals surface area (Å²) in [6.07, 6.45) is 2.94. The zero-order valence-electron chi connectivity index (χ0n) is 13.4. The lowest BCUT2D eigenvalue weighted by atomic mass is 10.1. The third-order valence-electron chi connectivity index (χ3n) is 3.74. The van der Waals surface area contributed by atoms with Crippen molar-refractivity contribution in [3.05, 3.63) is 59.8 Å². The molecule has 134 valence electrons. The summed E-state index contributed by atoms with van der Waals surface area (Å²) in [7, 11) is 0. The number of hydrogen-bond donors (Lipinski definition) is 4. The Morgan fingerprint density at radius 1 is 1.36 bits per heavy atom. The predicted octanol–water partition coefficient (Wildman–Crippen LogP) is 2.72. The van der Waals surface area contributed by atoms with Gasteiger partial charge < -0.3 is 26.4 Å². The number of rotatable bonds is 6. The molecule has 1 heterocycles. The summed E-state index contributed by atoms with van der Waals surface area (Å²) in [5, 5.41) is 9.22. The molecule has 1 saturated carbocycles. The molecular formula is C17H19F3N4O. The molecule has 1 aromatic rings. The number of nitrogens with two attached hydrogens (primary N) is 1. The Kier molecular flexibility index (Phi) is 4.78. The predicted molar refractivity (Wildman–Crippen MR) is 88.5 cm³/mol. The van der Waals surface area contributed by atoms with Crippen molar-refractivity contribution in [3.63, 3.8) is 0 Å². The van der Waals surface area contributed by atoms with Crippen LogP contribution in [-0.4, -0.2) is 12.9 Å². The summed E-state index contributed by atoms with van der Waals surface area (Å²) in [5.41, 5.74) is 7.07. The van der Waals surface area contributed by atoms with Gasteiger partial charge in [-0.15, -0.1) is 13.2 Å². The van der Waals surface area contributed by atoms with E-state index in [0.717, 1.165) is 12.5 Å². The van der Waals surface area contributed by atoms with Crippen LogP contribution in [0, 0.1) is 5.92 Å². The van der Waals surface area contributed by atoms with E-state index < -0.39 is 6.36 Å². The number of hydrogen-bond acceptors (Lipinski definition) is 5. The maximum atomic E-state index is 12.3. The Morgan fingerprint density at radius 3 is 2.88 bits per heavy atom. The highest BCUT2D eigenvalue weighted by molar-refractivity contribution is 5.68. The average Bonchev–Trinajstić information content (AvgIpc) is 3.25. The molecule has 5 nitrogen and oxygen atoms in total. The Bertz CT molecular complexity index is 721. The van der Waals surface area contributed by atoms with Crippen LogP contribution in [0.5, 0.6) is 5.75 Å². The molecular weight excluding hydrogens is 333 g/mol. The van der Waals surface area contributed by atoms with Crippen LogP contribution in [0.1, 0.15) is 18.4 Å². The highest BCUT2D eigenvalue weighted by Crippen LogP contribution is 2.28. The van der Waals surface area contributed by atoms with Gasteiger partial charge in [-0.1, -0.05) is 12.1 Å². The lowest BCUT2D eigenvalue weighted by molar-refractivity contribution is -0.274. The van der Waals surface area contributed by atoms with E-state index in [2.05, 4.69) is 20.7 Å². The molecule has 0 unspecified atom stereocenters. The smallest absolute Gasteiger partial charge is 0.406 e. The van der Waals surface area contributed by atoms with Crippen LogP contribution < -0.4 is 26.4 Å². The minimum atomic E-state index is -4.71. The molecule has 0 bridgehead atoms. The first-order valence-electron chi connectivity index (χ1n) is 7.90. The van der Waals surface area contributed by atoms with Gasteiger partial charge in [0.15, 0.2) is 0 Å². The molecule has 1 fully saturated rings. The van der Waals surface area contributed by atoms with Gasteiger partial charge in [0.1, 0.15) is 11.6 Å². The molecule has 0 radical (unpaired) electrons. The molecule has 1 aliphatic carbocycles. The molecule has 3 rings (SSSR count). The zero-order valence-corrected chi connectivity index (χ0v) is 13.4. The summed E-state index contributed by atoms with van der Waals surface area (Å²) in [5.74, 6) is 1.70. The van der Waals surface area contributed by atoms with Gasteiger partial charge in [-0.25, -0.2) is 0 Å². The van der Waals surface area contributed by atoms with Crippen molar-refractivity contribution in [3.8, 4) is 5.75 Å². The summed E-state index contributed by atoms with van der Waals surface area (Å²) in [4.78, 5) is 0. The van der Waals surface area contributed by atoms with Crippen LogP contribution in [0.4, 0.5) is 13.2 Å². The second kappa shape index (κ2) is 7.00. The third kappa shape index (κ3) is 5.37. The Hall–Kier alpha value is -2.77. The quantitative estimate of drug-likeness (QED) is 0.634. The summed E-state index contributed by atoms with van der Waals surface area (Å²) >= 11 is 0. The second-order valence-corrected chi connectivity index (χ2v) is 5.93. The molecule has 0 spiro atoms. The monoisotopic (exact) mass is 352 g/mol. The van der Waals surface area contributed by atoms with Crippen LogP contribution in [-0.2, 0) is 0 Å². The Balaban J connectivity index is 1.59. The van der Waals surface area contributed by atoms with Crippen LogP contribution >= 0.6 is 0 Å². The van der Waals surface area contributed by atoms with Crippen molar-refractivity contribution >= 4 is 5.70 Å². The van der Waals surface area contributed by atoms with E-state index in [-0.39, 0.29) is 5.75 Å². The first-order valence-corrected chi connectivity index (χ1v) is 7.90. The maximum Gasteiger partial charge on any atom is 0.573 e. The molecule has 1 aromatic carbocycles. The molecule has 2 aliphatic rings. The topological polar surface area (TPSA) is 71.3 Å². The molecule has 0 saturated heterocycles. The van der Waals surface area contributed by atoms with Gasteiger partial charge in [-0.3, -0.25) is 0 Å². The van der Waals surface area contributed by atoms with Crippen molar-refractivity contribution in [2.24, 2.45) is 11.7 Å². The number of nitrogens with one attached hydrogen (secondary N) is 3. The van der Waals surface area contributed by atoms with Gasteiger partial charge >= 0.3 is 6.36 Å². The zero-order chi connectivity index (χ0) is 17.9. The Labute approximate surface area is 143 Å². The largest absolute Gasteiger partial charge is 0.573 e. The first-order chi connectivity index (χ1) is 11.9. The third-order valence-corrected chi connectivity index (χ3v) is 3.74. The number of ether oxygens (including phenoxy) is 1. The van der Waals surface area contributed by atoms with Crippen LogP contribution in [0.25, 0.3) is 5.70 Å². The fourth-order valence-electron chi connectivity index (χ4n) is 2.29. The van der Waals surface area contributed by atoms with E-state index in [1.807, 2.05) is 0 Å². The van der Waals surface area contributed by atoms with Crippen molar-refractivity contribution in [1.29, 1.82) is 0 Å². The highest BCUT2D eigenvalue weighted by Gasteiger charge is 2.31. The maximum absolute atomic E-state index is 12.3. The number of halogens is 3. The van der Waals surface area contributed by atoms with Gasteiger partial charge in [0, 0.05) is 18.3 Å². The van der Waals surface area contributed by atoms with Crippen LogP contribution in [0.3, 0.4) is 0 Å². The van der Waals surface area contributed by atoms with Crippen LogP contribution in [0.2, 0.25) is 0 Å². The minimum Gasteiger partial charge on any atom is -0.406 e. The summed E-state index contributed by atoms with van der Waals surface area (Å²) < 4.78 is 40.9. The van der Waals surface area contributed by atoms with Crippen molar-refractivity contribution in [2.45, 2.75) is 19.2 Å². The van der Waals surface area contributed by atoms with Crippen molar-refractivity contribution < 1.29 is 17.9 Å². The summed E-state index contributed by atoms with van der Waals surface area (Å²) in [6.45, 7) is 0.877. The lowest BCUT2D eigenvalue weighted by Crippen LogP contribution is -2.22. The SMILES string of the molecule is N/C(=C\C=C1\NC=C(c2cccc(OC(F)(F)F)c2)N1)NCC1CC1. The van der Waals surface area contributed by atoms with Gasteiger partial charge in [-0.2, -0.15) is 0 Å². The van der Waals surface area contributed by atoms with Gasteiger partial charge in [-0.05, 0) is 43.0 Å². The van der Waals surface area contributed by atoms with E-state index in [4.69, 9.17) is 5.73 Å². The lowest BCUT2D eigenvalue weighted by Gasteiger charge is -2.10. The van der Waals surface area contributed by atoms with E-state index in [0.29, 0.717) is 22.9 Å². The van der Waals surface area contributed by atoms with Crippen molar-refractivity contribution in [2.75, 3.05) is 6.54 Å². The van der Waals surface area contributed by atoms with Gasteiger partial charge in [0.2, 0.25) is 0 Å². The normalized spacial score (nSPS) is 19.2. The first kappa shape index (κ1) is 17.1. The molecule has 0 atom stereocenters. The minimum absolute atomic E-state index is 0.265. The number of alkyl halides is 3. The van der Waals surface area contributed by atoms with Gasteiger partial charge in [0.05, 0.1) is 11.5 Å². The van der Waals surface area contributed by atoms with E-state index in [9.17, 15) is 13.2 Å². The second-order valence-electron chi connectivity index (χ2n) is 5.93. The molecule has 1 aliphatic heterocycles. The van der Waals surface area contributed by atoms with E-state index in [1.165, 1.54) is 31.0 Å². The van der Waals surface area contributed by atoms with E-state index >= 15 is 0 Å². The average molecular weight is 352 g/mol.